The zero-order chi connectivity index (χ0) is 13.2. The molecule has 0 heterocycles. The minimum absolute atomic E-state index is 0.438. The van der Waals surface area contributed by atoms with Crippen molar-refractivity contribution in [2.45, 2.75) is 39.2 Å². The number of rotatable bonds is 2. The van der Waals surface area contributed by atoms with Crippen LogP contribution in [-0.2, 0) is 0 Å². The van der Waals surface area contributed by atoms with Crippen LogP contribution in [0.1, 0.15) is 33.1 Å². The number of thiocarbonyl (C=S) groups is 1. The first-order valence-corrected chi connectivity index (χ1v) is 7.06. The van der Waals surface area contributed by atoms with E-state index in [-0.39, 0.29) is 0 Å². The highest BCUT2D eigenvalue weighted by Crippen LogP contribution is 2.36. The molecule has 1 aliphatic rings. The van der Waals surface area contributed by atoms with Crippen molar-refractivity contribution in [3.63, 3.8) is 0 Å². The molecule has 1 atom stereocenters. The second-order valence-corrected chi connectivity index (χ2v) is 6.55. The van der Waals surface area contributed by atoms with Crippen LogP contribution in [0.2, 0.25) is 5.02 Å². The minimum atomic E-state index is 0.438. The summed E-state index contributed by atoms with van der Waals surface area (Å²) in [6.45, 7) is 4.62. The Balaban J connectivity index is 1.84. The average Bonchev–Trinajstić information content (AvgIpc) is 2.61. The Labute approximate surface area is 119 Å². The molecule has 1 aliphatic carbocycles. The van der Waals surface area contributed by atoms with Gasteiger partial charge in [-0.3, -0.25) is 0 Å². The summed E-state index contributed by atoms with van der Waals surface area (Å²) in [5, 5.41) is 8.00. The Morgan fingerprint density at radius 2 is 2.00 bits per heavy atom. The van der Waals surface area contributed by atoms with E-state index in [9.17, 15) is 0 Å². The summed E-state index contributed by atoms with van der Waals surface area (Å²) in [5.74, 6) is 0. The lowest BCUT2D eigenvalue weighted by Crippen LogP contribution is -2.36. The molecule has 98 valence electrons. The lowest BCUT2D eigenvalue weighted by molar-refractivity contribution is 0.372. The summed E-state index contributed by atoms with van der Waals surface area (Å²) in [5.41, 5.74) is 1.40. The van der Waals surface area contributed by atoms with Crippen LogP contribution in [0, 0.1) is 5.41 Å². The van der Waals surface area contributed by atoms with Gasteiger partial charge in [-0.25, -0.2) is 0 Å². The maximum atomic E-state index is 5.84. The molecule has 1 aromatic carbocycles. The standard InChI is InChI=1S/C14H19ClN2S/c1-14(2)8-7-12(9-14)17-13(18)16-11-5-3-10(15)4-6-11/h3-6,12H,7-9H2,1-2H3,(H2,16,17,18). The molecule has 0 spiro atoms. The summed E-state index contributed by atoms with van der Waals surface area (Å²) in [6.07, 6.45) is 3.62. The average molecular weight is 283 g/mol. The normalized spacial score (nSPS) is 21.6. The van der Waals surface area contributed by atoms with E-state index in [0.29, 0.717) is 16.6 Å². The number of hydrogen-bond acceptors (Lipinski definition) is 1. The van der Waals surface area contributed by atoms with Gasteiger partial charge >= 0.3 is 0 Å². The van der Waals surface area contributed by atoms with Crippen LogP contribution in [0.4, 0.5) is 5.69 Å². The predicted octanol–water partition coefficient (Wildman–Crippen LogP) is 4.21. The van der Waals surface area contributed by atoms with Gasteiger partial charge in [0.05, 0.1) is 0 Å². The van der Waals surface area contributed by atoms with E-state index in [2.05, 4.69) is 24.5 Å². The highest BCUT2D eigenvalue weighted by atomic mass is 35.5. The Morgan fingerprint density at radius 3 is 2.56 bits per heavy atom. The molecule has 0 bridgehead atoms. The van der Waals surface area contributed by atoms with Gasteiger partial charge in [0.1, 0.15) is 0 Å². The molecule has 2 N–H and O–H groups in total. The van der Waals surface area contributed by atoms with Gasteiger partial charge in [-0.2, -0.15) is 0 Å². The first kappa shape index (κ1) is 13.6. The molecule has 18 heavy (non-hydrogen) atoms. The summed E-state index contributed by atoms with van der Waals surface area (Å²) in [4.78, 5) is 0. The van der Waals surface area contributed by atoms with Crippen molar-refractivity contribution in [1.82, 2.24) is 5.32 Å². The Bertz CT molecular complexity index is 428. The quantitative estimate of drug-likeness (QED) is 0.795. The second kappa shape index (κ2) is 5.45. The van der Waals surface area contributed by atoms with Gasteiger partial charge in [0, 0.05) is 16.8 Å². The van der Waals surface area contributed by atoms with E-state index >= 15 is 0 Å². The summed E-state index contributed by atoms with van der Waals surface area (Å²) in [6, 6.07) is 8.05. The van der Waals surface area contributed by atoms with Crippen molar-refractivity contribution in [2.75, 3.05) is 5.32 Å². The van der Waals surface area contributed by atoms with Crippen LogP contribution in [0.5, 0.6) is 0 Å². The van der Waals surface area contributed by atoms with Crippen molar-refractivity contribution in [3.05, 3.63) is 29.3 Å². The van der Waals surface area contributed by atoms with E-state index in [1.54, 1.807) is 0 Å². The number of benzene rings is 1. The van der Waals surface area contributed by atoms with Crippen molar-refractivity contribution in [3.8, 4) is 0 Å². The number of halogens is 1. The molecule has 0 amide bonds. The fourth-order valence-corrected chi connectivity index (χ4v) is 2.86. The molecule has 0 aliphatic heterocycles. The second-order valence-electron chi connectivity index (χ2n) is 5.71. The van der Waals surface area contributed by atoms with E-state index in [4.69, 9.17) is 23.8 Å². The predicted molar refractivity (Wildman–Crippen MR) is 82.2 cm³/mol. The summed E-state index contributed by atoms with van der Waals surface area (Å²) >= 11 is 11.2. The lowest BCUT2D eigenvalue weighted by Gasteiger charge is -2.19. The van der Waals surface area contributed by atoms with E-state index < -0.39 is 0 Å². The van der Waals surface area contributed by atoms with Gasteiger partial charge in [0.25, 0.3) is 0 Å². The fraction of sp³-hybridized carbons (Fsp3) is 0.500. The molecule has 1 fully saturated rings. The monoisotopic (exact) mass is 282 g/mol. The number of anilines is 1. The molecule has 0 radical (unpaired) electrons. The van der Waals surface area contributed by atoms with Crippen LogP contribution in [-0.4, -0.2) is 11.2 Å². The van der Waals surface area contributed by atoms with E-state index in [0.717, 1.165) is 10.7 Å². The molecular weight excluding hydrogens is 264 g/mol. The topological polar surface area (TPSA) is 24.1 Å². The summed E-state index contributed by atoms with van der Waals surface area (Å²) < 4.78 is 0. The highest BCUT2D eigenvalue weighted by Gasteiger charge is 2.30. The zero-order valence-corrected chi connectivity index (χ0v) is 12.4. The molecular formula is C14H19ClN2S. The van der Waals surface area contributed by atoms with E-state index in [1.165, 1.54) is 19.3 Å². The molecule has 1 saturated carbocycles. The van der Waals surface area contributed by atoms with Crippen molar-refractivity contribution in [1.29, 1.82) is 0 Å². The zero-order valence-electron chi connectivity index (χ0n) is 10.8. The summed E-state index contributed by atoms with van der Waals surface area (Å²) in [7, 11) is 0. The molecule has 1 unspecified atom stereocenters. The van der Waals surface area contributed by atoms with Gasteiger partial charge in [0.15, 0.2) is 5.11 Å². The van der Waals surface area contributed by atoms with Gasteiger partial charge < -0.3 is 10.6 Å². The first-order valence-electron chi connectivity index (χ1n) is 6.28. The molecule has 0 aromatic heterocycles. The van der Waals surface area contributed by atoms with Crippen molar-refractivity contribution >= 4 is 34.6 Å². The van der Waals surface area contributed by atoms with Gasteiger partial charge in [-0.1, -0.05) is 25.4 Å². The molecule has 0 saturated heterocycles. The highest BCUT2D eigenvalue weighted by molar-refractivity contribution is 7.80. The van der Waals surface area contributed by atoms with Crippen LogP contribution in [0.15, 0.2) is 24.3 Å². The Hall–Kier alpha value is -0.800. The smallest absolute Gasteiger partial charge is 0.170 e. The van der Waals surface area contributed by atoms with E-state index in [1.807, 2.05) is 24.3 Å². The van der Waals surface area contributed by atoms with Gasteiger partial charge in [0.2, 0.25) is 0 Å². The maximum Gasteiger partial charge on any atom is 0.170 e. The number of nitrogens with one attached hydrogen (secondary N) is 2. The third kappa shape index (κ3) is 3.85. The molecule has 2 rings (SSSR count). The SMILES string of the molecule is CC1(C)CCC(NC(=S)Nc2ccc(Cl)cc2)C1. The van der Waals surface area contributed by atoms with Crippen LogP contribution in [0.3, 0.4) is 0 Å². The molecule has 1 aromatic rings. The van der Waals surface area contributed by atoms with Crippen LogP contribution < -0.4 is 10.6 Å². The van der Waals surface area contributed by atoms with Crippen LogP contribution in [0.25, 0.3) is 0 Å². The number of hydrogen-bond donors (Lipinski definition) is 2. The fourth-order valence-electron chi connectivity index (χ4n) is 2.45. The Kier molecular flexibility index (Phi) is 4.13. The van der Waals surface area contributed by atoms with Crippen molar-refractivity contribution in [2.24, 2.45) is 5.41 Å². The third-order valence-corrected chi connectivity index (χ3v) is 3.88. The van der Waals surface area contributed by atoms with Gasteiger partial charge in [-0.05, 0) is 61.2 Å². The third-order valence-electron chi connectivity index (χ3n) is 3.41. The van der Waals surface area contributed by atoms with Crippen LogP contribution >= 0.6 is 23.8 Å². The first-order chi connectivity index (χ1) is 8.44. The Morgan fingerprint density at radius 1 is 1.33 bits per heavy atom. The largest absolute Gasteiger partial charge is 0.360 e. The molecule has 2 nitrogen and oxygen atoms in total. The maximum absolute atomic E-state index is 5.84. The molecule has 4 heteroatoms. The van der Waals surface area contributed by atoms with Gasteiger partial charge in [-0.15, -0.1) is 0 Å². The lowest BCUT2D eigenvalue weighted by atomic mass is 9.92. The van der Waals surface area contributed by atoms with Crippen molar-refractivity contribution < 1.29 is 0 Å². The minimum Gasteiger partial charge on any atom is -0.360 e.